The average Bonchev–Trinajstić information content (AvgIpc) is 3.00. The molecular formula is C16H12Cl3N3O. The van der Waals surface area contributed by atoms with Crippen molar-refractivity contribution in [1.82, 2.24) is 10.2 Å². The van der Waals surface area contributed by atoms with Crippen molar-refractivity contribution < 1.29 is 4.79 Å². The van der Waals surface area contributed by atoms with Crippen molar-refractivity contribution in [1.29, 1.82) is 0 Å². The Morgan fingerprint density at radius 2 is 1.83 bits per heavy atom. The van der Waals surface area contributed by atoms with E-state index in [4.69, 9.17) is 34.8 Å². The lowest BCUT2D eigenvalue weighted by molar-refractivity contribution is 0.0859. The largest absolute Gasteiger partial charge is 0.354 e. The minimum absolute atomic E-state index is 0.149. The van der Waals surface area contributed by atoms with E-state index in [-0.39, 0.29) is 5.91 Å². The molecule has 0 radical (unpaired) electrons. The van der Waals surface area contributed by atoms with Crippen molar-refractivity contribution in [2.24, 2.45) is 4.99 Å². The van der Waals surface area contributed by atoms with Crippen LogP contribution in [0.25, 0.3) is 0 Å². The maximum Gasteiger partial charge on any atom is 0.260 e. The zero-order valence-corrected chi connectivity index (χ0v) is 14.2. The van der Waals surface area contributed by atoms with Gasteiger partial charge in [-0.15, -0.1) is 0 Å². The molecule has 2 aromatic carbocycles. The predicted octanol–water partition coefficient (Wildman–Crippen LogP) is 4.38. The molecular weight excluding hydrogens is 357 g/mol. The Hall–Kier alpha value is -1.75. The third-order valence-corrected chi connectivity index (χ3v) is 4.43. The first kappa shape index (κ1) is 16.1. The Balaban J connectivity index is 1.90. The van der Waals surface area contributed by atoms with Crippen LogP contribution in [-0.2, 0) is 0 Å². The van der Waals surface area contributed by atoms with E-state index >= 15 is 0 Å². The summed E-state index contributed by atoms with van der Waals surface area (Å²) in [7, 11) is 0. The highest BCUT2D eigenvalue weighted by atomic mass is 35.5. The summed E-state index contributed by atoms with van der Waals surface area (Å²) in [4.78, 5) is 18.6. The number of benzene rings is 2. The molecule has 23 heavy (non-hydrogen) atoms. The summed E-state index contributed by atoms with van der Waals surface area (Å²) in [6.45, 7) is 1.15. The number of hydrogen-bond acceptors (Lipinski definition) is 2. The summed E-state index contributed by atoms with van der Waals surface area (Å²) in [6.07, 6.45) is 0. The summed E-state index contributed by atoms with van der Waals surface area (Å²) >= 11 is 18.0. The molecule has 1 aliphatic heterocycles. The minimum atomic E-state index is -0.149. The predicted molar refractivity (Wildman–Crippen MR) is 94.0 cm³/mol. The average molecular weight is 369 g/mol. The molecule has 118 valence electrons. The molecule has 0 atom stereocenters. The number of carbonyl (C=O) groups excluding carboxylic acids is 1. The molecule has 4 nitrogen and oxygen atoms in total. The van der Waals surface area contributed by atoms with Gasteiger partial charge in [0, 0.05) is 23.7 Å². The molecule has 7 heteroatoms. The van der Waals surface area contributed by atoms with Crippen molar-refractivity contribution in [3.63, 3.8) is 0 Å². The van der Waals surface area contributed by atoms with Gasteiger partial charge in [0.05, 0.1) is 15.7 Å². The molecule has 1 fully saturated rings. The van der Waals surface area contributed by atoms with E-state index in [1.807, 2.05) is 0 Å². The van der Waals surface area contributed by atoms with Gasteiger partial charge in [-0.2, -0.15) is 0 Å². The monoisotopic (exact) mass is 367 g/mol. The highest BCUT2D eigenvalue weighted by molar-refractivity contribution is 6.43. The third-order valence-electron chi connectivity index (χ3n) is 3.37. The van der Waals surface area contributed by atoms with Gasteiger partial charge in [0.15, 0.2) is 0 Å². The number of hydrogen-bond donors (Lipinski definition) is 1. The summed E-state index contributed by atoms with van der Waals surface area (Å²) < 4.78 is 0. The molecule has 1 aliphatic rings. The topological polar surface area (TPSA) is 44.7 Å². The summed E-state index contributed by atoms with van der Waals surface area (Å²) in [5.74, 6) is 0.303. The zero-order chi connectivity index (χ0) is 16.4. The molecule has 1 saturated heterocycles. The standard InChI is InChI=1S/C16H12Cl3N3O/c17-11-6-4-10(5-7-11)15(23)22-9-8-20-16(22)21-13-3-1-2-12(18)14(13)19/h1-7H,8-9H2,(H,20,21). The molecule has 0 aromatic heterocycles. The second-order valence-electron chi connectivity index (χ2n) is 4.90. The molecule has 2 aromatic rings. The molecule has 0 aliphatic carbocycles. The molecule has 1 amide bonds. The van der Waals surface area contributed by atoms with Crippen LogP contribution in [0.15, 0.2) is 47.5 Å². The van der Waals surface area contributed by atoms with Crippen LogP contribution < -0.4 is 5.32 Å². The van der Waals surface area contributed by atoms with Crippen LogP contribution >= 0.6 is 34.8 Å². The van der Waals surface area contributed by atoms with Crippen LogP contribution in [0.1, 0.15) is 10.4 Å². The molecule has 0 saturated carbocycles. The van der Waals surface area contributed by atoms with E-state index < -0.39 is 0 Å². The Kier molecular flexibility index (Phi) is 4.76. The first-order valence-corrected chi connectivity index (χ1v) is 8.03. The normalized spacial score (nSPS) is 15.8. The fourth-order valence-electron chi connectivity index (χ4n) is 2.22. The van der Waals surface area contributed by atoms with E-state index in [9.17, 15) is 4.79 Å². The van der Waals surface area contributed by atoms with Gasteiger partial charge in [-0.25, -0.2) is 4.99 Å². The zero-order valence-electron chi connectivity index (χ0n) is 11.9. The lowest BCUT2D eigenvalue weighted by Gasteiger charge is -2.16. The van der Waals surface area contributed by atoms with Crippen molar-refractivity contribution in [2.45, 2.75) is 0 Å². The van der Waals surface area contributed by atoms with Crippen LogP contribution in [0.3, 0.4) is 0 Å². The molecule has 3 rings (SSSR count). The second-order valence-corrected chi connectivity index (χ2v) is 6.12. The first-order chi connectivity index (χ1) is 11.1. The van der Waals surface area contributed by atoms with Gasteiger partial charge < -0.3 is 5.32 Å². The summed E-state index contributed by atoms with van der Waals surface area (Å²) in [5.41, 5.74) is 1.06. The number of carbonyl (C=O) groups is 1. The maximum absolute atomic E-state index is 12.6. The van der Waals surface area contributed by atoms with Gasteiger partial charge >= 0.3 is 0 Å². The number of amides is 1. The minimum Gasteiger partial charge on any atom is -0.354 e. The summed E-state index contributed by atoms with van der Waals surface area (Å²) in [5, 5.41) is 4.45. The SMILES string of the molecule is O=C(c1ccc(Cl)cc1)N1CCN/C1=N\c1cccc(Cl)c1Cl. The van der Waals surface area contributed by atoms with E-state index in [0.29, 0.717) is 45.4 Å². The van der Waals surface area contributed by atoms with Crippen molar-refractivity contribution >= 4 is 52.4 Å². The highest BCUT2D eigenvalue weighted by Gasteiger charge is 2.26. The number of rotatable bonds is 2. The molecule has 1 N–H and O–H groups in total. The smallest absolute Gasteiger partial charge is 0.260 e. The van der Waals surface area contributed by atoms with Crippen LogP contribution in [0, 0.1) is 0 Å². The lowest BCUT2D eigenvalue weighted by Crippen LogP contribution is -2.35. The Morgan fingerprint density at radius 1 is 1.09 bits per heavy atom. The quantitative estimate of drug-likeness (QED) is 0.855. The van der Waals surface area contributed by atoms with Crippen LogP contribution in [0.4, 0.5) is 5.69 Å². The number of guanidine groups is 1. The summed E-state index contributed by atoms with van der Waals surface area (Å²) in [6, 6.07) is 11.9. The van der Waals surface area contributed by atoms with E-state index in [1.165, 1.54) is 0 Å². The number of nitrogens with one attached hydrogen (secondary N) is 1. The van der Waals surface area contributed by atoms with Crippen LogP contribution in [0.5, 0.6) is 0 Å². The molecule has 0 spiro atoms. The van der Waals surface area contributed by atoms with Crippen molar-refractivity contribution in [3.05, 3.63) is 63.1 Å². The van der Waals surface area contributed by atoms with Gasteiger partial charge in [0.2, 0.25) is 5.96 Å². The second kappa shape index (κ2) is 6.79. The fourth-order valence-corrected chi connectivity index (χ4v) is 2.68. The Labute approximate surface area is 148 Å². The van der Waals surface area contributed by atoms with E-state index in [1.54, 1.807) is 47.4 Å². The van der Waals surface area contributed by atoms with Crippen molar-refractivity contribution in [3.8, 4) is 0 Å². The van der Waals surface area contributed by atoms with E-state index in [0.717, 1.165) is 0 Å². The van der Waals surface area contributed by atoms with Gasteiger partial charge in [-0.3, -0.25) is 9.69 Å². The molecule has 0 unspecified atom stereocenters. The number of aliphatic imine (C=N–C) groups is 1. The third kappa shape index (κ3) is 3.44. The maximum atomic E-state index is 12.6. The first-order valence-electron chi connectivity index (χ1n) is 6.90. The van der Waals surface area contributed by atoms with E-state index in [2.05, 4.69) is 10.3 Å². The highest BCUT2D eigenvalue weighted by Crippen LogP contribution is 2.32. The number of halogens is 3. The van der Waals surface area contributed by atoms with Crippen LogP contribution in [0.2, 0.25) is 15.1 Å². The molecule has 0 bridgehead atoms. The van der Waals surface area contributed by atoms with Crippen molar-refractivity contribution in [2.75, 3.05) is 13.1 Å². The Morgan fingerprint density at radius 3 is 2.57 bits per heavy atom. The van der Waals surface area contributed by atoms with Gasteiger partial charge in [0.1, 0.15) is 0 Å². The van der Waals surface area contributed by atoms with Gasteiger partial charge in [-0.1, -0.05) is 40.9 Å². The van der Waals surface area contributed by atoms with Crippen LogP contribution in [-0.4, -0.2) is 29.9 Å². The van der Waals surface area contributed by atoms with Gasteiger partial charge in [0.25, 0.3) is 5.91 Å². The fraction of sp³-hybridized carbons (Fsp3) is 0.125. The number of nitrogens with zero attached hydrogens (tertiary/aromatic N) is 2. The lowest BCUT2D eigenvalue weighted by atomic mass is 10.2. The molecule has 1 heterocycles. The Bertz CT molecular complexity index is 775. The van der Waals surface area contributed by atoms with Gasteiger partial charge in [-0.05, 0) is 36.4 Å².